The molecule has 2 aromatic rings. The van der Waals surface area contributed by atoms with Crippen molar-refractivity contribution in [3.8, 4) is 5.75 Å². The van der Waals surface area contributed by atoms with Gasteiger partial charge in [-0.05, 0) is 12.1 Å². The molecule has 0 aliphatic carbocycles. The molecule has 110 valence electrons. The van der Waals surface area contributed by atoms with Crippen molar-refractivity contribution in [2.24, 2.45) is 0 Å². The Balaban J connectivity index is 1.84. The highest BCUT2D eigenvalue weighted by molar-refractivity contribution is 5.97. The molecule has 1 aromatic heterocycles. The summed E-state index contributed by atoms with van der Waals surface area (Å²) in [6.07, 6.45) is 1.10. The van der Waals surface area contributed by atoms with Crippen LogP contribution in [0.15, 0.2) is 28.8 Å². The molecule has 6 heteroatoms. The number of hydrogen-bond acceptors (Lipinski definition) is 5. The number of nitrogens with zero attached hydrogens (tertiary/aromatic N) is 3. The van der Waals surface area contributed by atoms with Crippen LogP contribution in [0.3, 0.4) is 0 Å². The lowest BCUT2D eigenvalue weighted by Crippen LogP contribution is -2.24. The Bertz CT molecular complexity index is 653. The van der Waals surface area contributed by atoms with Crippen molar-refractivity contribution >= 4 is 11.6 Å². The largest absolute Gasteiger partial charge is 0.495 e. The van der Waals surface area contributed by atoms with Crippen LogP contribution < -0.4 is 9.64 Å². The quantitative estimate of drug-likeness (QED) is 0.862. The summed E-state index contributed by atoms with van der Waals surface area (Å²) in [7, 11) is 1.60. The molecule has 21 heavy (non-hydrogen) atoms. The van der Waals surface area contributed by atoms with Crippen LogP contribution in [0.4, 0.5) is 5.69 Å². The average Bonchev–Trinajstić information content (AvgIpc) is 3.13. The minimum Gasteiger partial charge on any atom is -0.495 e. The SMILES string of the molecule is CCc1noc(C2CC(=O)N(c3ccccc3OC)C2)n1. The van der Waals surface area contributed by atoms with Crippen molar-refractivity contribution in [1.29, 1.82) is 0 Å². The maximum atomic E-state index is 12.3. The number of carbonyl (C=O) groups excluding carboxylic acids is 1. The Morgan fingerprint density at radius 1 is 1.43 bits per heavy atom. The normalized spacial score (nSPS) is 18.3. The number of para-hydroxylation sites is 2. The molecule has 0 saturated carbocycles. The van der Waals surface area contributed by atoms with Gasteiger partial charge in [0.25, 0.3) is 0 Å². The van der Waals surface area contributed by atoms with Gasteiger partial charge < -0.3 is 14.2 Å². The predicted octanol–water partition coefficient (Wildman–Crippen LogP) is 2.16. The van der Waals surface area contributed by atoms with Crippen LogP contribution in [-0.4, -0.2) is 29.7 Å². The summed E-state index contributed by atoms with van der Waals surface area (Å²) in [5, 5.41) is 3.90. The number of benzene rings is 1. The van der Waals surface area contributed by atoms with E-state index in [0.29, 0.717) is 30.4 Å². The first-order chi connectivity index (χ1) is 10.2. The van der Waals surface area contributed by atoms with Gasteiger partial charge in [-0.15, -0.1) is 0 Å². The van der Waals surface area contributed by atoms with Crippen LogP contribution in [0.2, 0.25) is 0 Å². The number of rotatable bonds is 4. The van der Waals surface area contributed by atoms with E-state index in [0.717, 1.165) is 12.1 Å². The van der Waals surface area contributed by atoms with Crippen molar-refractivity contribution in [3.63, 3.8) is 0 Å². The average molecular weight is 287 g/mol. The number of carbonyl (C=O) groups is 1. The lowest BCUT2D eigenvalue weighted by atomic mass is 10.1. The molecule has 0 N–H and O–H groups in total. The van der Waals surface area contributed by atoms with Crippen molar-refractivity contribution in [1.82, 2.24) is 10.1 Å². The van der Waals surface area contributed by atoms with Gasteiger partial charge in [0.1, 0.15) is 5.75 Å². The van der Waals surface area contributed by atoms with Crippen LogP contribution >= 0.6 is 0 Å². The van der Waals surface area contributed by atoms with Crippen molar-refractivity contribution in [2.45, 2.75) is 25.7 Å². The second-order valence-electron chi connectivity index (χ2n) is 4.98. The van der Waals surface area contributed by atoms with E-state index in [1.165, 1.54) is 0 Å². The molecule has 1 amide bonds. The number of hydrogen-bond donors (Lipinski definition) is 0. The first-order valence-electron chi connectivity index (χ1n) is 6.98. The highest BCUT2D eigenvalue weighted by Crippen LogP contribution is 2.35. The van der Waals surface area contributed by atoms with E-state index < -0.39 is 0 Å². The van der Waals surface area contributed by atoms with Crippen molar-refractivity contribution in [3.05, 3.63) is 36.0 Å². The third kappa shape index (κ3) is 2.49. The maximum absolute atomic E-state index is 12.3. The molecule has 1 saturated heterocycles. The standard InChI is InChI=1S/C15H17N3O3/c1-3-13-16-15(21-17-13)10-8-14(19)18(9-10)11-6-4-5-7-12(11)20-2/h4-7,10H,3,8-9H2,1-2H3. The molecule has 1 aromatic carbocycles. The summed E-state index contributed by atoms with van der Waals surface area (Å²) in [6.45, 7) is 2.50. The fraction of sp³-hybridized carbons (Fsp3) is 0.400. The molecule has 1 aliphatic heterocycles. The fourth-order valence-corrected chi connectivity index (χ4v) is 2.54. The molecule has 3 rings (SSSR count). The van der Waals surface area contributed by atoms with Crippen LogP contribution in [0, 0.1) is 0 Å². The molecule has 0 spiro atoms. The van der Waals surface area contributed by atoms with Crippen molar-refractivity contribution in [2.75, 3.05) is 18.6 Å². The van der Waals surface area contributed by atoms with Crippen LogP contribution in [0.1, 0.15) is 31.0 Å². The van der Waals surface area contributed by atoms with Gasteiger partial charge in [-0.25, -0.2) is 0 Å². The molecule has 1 atom stereocenters. The monoisotopic (exact) mass is 287 g/mol. The maximum Gasteiger partial charge on any atom is 0.232 e. The lowest BCUT2D eigenvalue weighted by molar-refractivity contribution is -0.117. The summed E-state index contributed by atoms with van der Waals surface area (Å²) < 4.78 is 10.6. The predicted molar refractivity (Wildman–Crippen MR) is 76.4 cm³/mol. The summed E-state index contributed by atoms with van der Waals surface area (Å²) in [4.78, 5) is 18.3. The second-order valence-corrected chi connectivity index (χ2v) is 4.98. The topological polar surface area (TPSA) is 68.5 Å². The minimum atomic E-state index is -0.0600. The van der Waals surface area contributed by atoms with E-state index in [1.54, 1.807) is 12.0 Å². The third-order valence-corrected chi connectivity index (χ3v) is 3.65. The number of methoxy groups -OCH3 is 1. The molecule has 1 aliphatic rings. The summed E-state index contributed by atoms with van der Waals surface area (Å²) in [5.41, 5.74) is 0.780. The van der Waals surface area contributed by atoms with Crippen LogP contribution in [-0.2, 0) is 11.2 Å². The van der Waals surface area contributed by atoms with E-state index in [4.69, 9.17) is 9.26 Å². The zero-order valence-electron chi connectivity index (χ0n) is 12.1. The molecule has 6 nitrogen and oxygen atoms in total. The van der Waals surface area contributed by atoms with Crippen LogP contribution in [0.5, 0.6) is 5.75 Å². The van der Waals surface area contributed by atoms with Gasteiger partial charge >= 0.3 is 0 Å². The van der Waals surface area contributed by atoms with E-state index in [2.05, 4.69) is 10.1 Å². The van der Waals surface area contributed by atoms with E-state index >= 15 is 0 Å². The highest BCUT2D eigenvalue weighted by atomic mass is 16.5. The van der Waals surface area contributed by atoms with E-state index in [-0.39, 0.29) is 11.8 Å². The Kier molecular flexibility index (Phi) is 3.60. The molecule has 2 heterocycles. The Morgan fingerprint density at radius 2 is 2.24 bits per heavy atom. The minimum absolute atomic E-state index is 0.0424. The number of aryl methyl sites for hydroxylation is 1. The smallest absolute Gasteiger partial charge is 0.232 e. The molecular weight excluding hydrogens is 270 g/mol. The van der Waals surface area contributed by atoms with Crippen molar-refractivity contribution < 1.29 is 14.1 Å². The number of ether oxygens (including phenoxy) is 1. The van der Waals surface area contributed by atoms with Gasteiger partial charge in [0.2, 0.25) is 11.8 Å². The zero-order valence-corrected chi connectivity index (χ0v) is 12.1. The number of amides is 1. The highest BCUT2D eigenvalue weighted by Gasteiger charge is 2.36. The zero-order chi connectivity index (χ0) is 14.8. The van der Waals surface area contributed by atoms with Gasteiger partial charge in [-0.3, -0.25) is 4.79 Å². The molecule has 1 unspecified atom stereocenters. The molecule has 0 bridgehead atoms. The summed E-state index contributed by atoms with van der Waals surface area (Å²) >= 11 is 0. The Morgan fingerprint density at radius 3 is 2.95 bits per heavy atom. The second kappa shape index (κ2) is 5.55. The van der Waals surface area contributed by atoms with Crippen LogP contribution in [0.25, 0.3) is 0 Å². The molecular formula is C15H17N3O3. The Hall–Kier alpha value is -2.37. The first-order valence-corrected chi connectivity index (χ1v) is 6.98. The third-order valence-electron chi connectivity index (χ3n) is 3.65. The van der Waals surface area contributed by atoms with Gasteiger partial charge in [0, 0.05) is 19.4 Å². The summed E-state index contributed by atoms with van der Waals surface area (Å²) in [6, 6.07) is 7.49. The van der Waals surface area contributed by atoms with Gasteiger partial charge in [-0.1, -0.05) is 24.2 Å². The number of anilines is 1. The van der Waals surface area contributed by atoms with E-state index in [9.17, 15) is 4.79 Å². The Labute approximate surface area is 122 Å². The fourth-order valence-electron chi connectivity index (χ4n) is 2.54. The van der Waals surface area contributed by atoms with Gasteiger partial charge in [0.05, 0.1) is 18.7 Å². The molecule has 1 fully saturated rings. The number of aromatic nitrogens is 2. The van der Waals surface area contributed by atoms with Gasteiger partial charge in [-0.2, -0.15) is 4.98 Å². The molecule has 0 radical (unpaired) electrons. The first kappa shape index (κ1) is 13.6. The van der Waals surface area contributed by atoms with E-state index in [1.807, 2.05) is 31.2 Å². The summed E-state index contributed by atoms with van der Waals surface area (Å²) in [5.74, 6) is 1.88. The van der Waals surface area contributed by atoms with Gasteiger partial charge in [0.15, 0.2) is 5.82 Å². The lowest BCUT2D eigenvalue weighted by Gasteiger charge is -2.18.